The summed E-state index contributed by atoms with van der Waals surface area (Å²) in [5, 5.41) is 0. The molecule has 1 aromatic carbocycles. The van der Waals surface area contributed by atoms with Crippen molar-refractivity contribution in [3.05, 3.63) is 18.2 Å². The third-order valence-electron chi connectivity index (χ3n) is 1.99. The lowest BCUT2D eigenvalue weighted by Crippen LogP contribution is -1.97. The maximum absolute atomic E-state index is 5.61. The molecule has 0 atom stereocenters. The molecule has 0 radical (unpaired) electrons. The number of benzene rings is 1. The van der Waals surface area contributed by atoms with Crippen LogP contribution in [0.25, 0.3) is 0 Å². The zero-order chi connectivity index (χ0) is 12.1. The molecule has 1 heterocycles. The van der Waals surface area contributed by atoms with Crippen LogP contribution in [0.2, 0.25) is 0 Å². The molecular weight excluding hydrogens is 243 g/mol. The Morgan fingerprint density at radius 2 is 1.82 bits per heavy atom. The molecule has 1 aliphatic rings. The van der Waals surface area contributed by atoms with Crippen LogP contribution >= 0.6 is 8.60 Å². The summed E-state index contributed by atoms with van der Waals surface area (Å²) in [7, 11) is -1.34. The van der Waals surface area contributed by atoms with E-state index in [1.807, 2.05) is 19.9 Å². The monoisotopic (exact) mass is 258 g/mol. The lowest BCUT2D eigenvalue weighted by molar-refractivity contribution is 0.174. The van der Waals surface area contributed by atoms with E-state index < -0.39 is 8.60 Å². The quantitative estimate of drug-likeness (QED) is 0.734. The Balaban J connectivity index is 2.01. The van der Waals surface area contributed by atoms with Crippen molar-refractivity contribution in [2.45, 2.75) is 13.8 Å². The average molecular weight is 258 g/mol. The second-order valence-corrected chi connectivity index (χ2v) is 4.31. The van der Waals surface area contributed by atoms with E-state index in [-0.39, 0.29) is 6.79 Å². The standard InChI is InChI=1S/C11H15O5P/c1-3-14-17(15-4-2)16-9-5-6-10-11(7-9)13-8-12-10/h5-7H,3-4,8H2,1-2H3. The Morgan fingerprint density at radius 1 is 1.12 bits per heavy atom. The third-order valence-corrected chi connectivity index (χ3v) is 3.29. The largest absolute Gasteiger partial charge is 0.454 e. The number of rotatable bonds is 6. The van der Waals surface area contributed by atoms with E-state index in [1.165, 1.54) is 0 Å². The van der Waals surface area contributed by atoms with Crippen LogP contribution in [0.3, 0.4) is 0 Å². The van der Waals surface area contributed by atoms with Gasteiger partial charge in [-0.1, -0.05) is 0 Å². The zero-order valence-corrected chi connectivity index (χ0v) is 10.7. The van der Waals surface area contributed by atoms with E-state index in [9.17, 15) is 0 Å². The van der Waals surface area contributed by atoms with Crippen molar-refractivity contribution in [1.82, 2.24) is 0 Å². The van der Waals surface area contributed by atoms with Crippen LogP contribution in [0.4, 0.5) is 0 Å². The van der Waals surface area contributed by atoms with Crippen molar-refractivity contribution in [1.29, 1.82) is 0 Å². The summed E-state index contributed by atoms with van der Waals surface area (Å²) < 4.78 is 26.8. The van der Waals surface area contributed by atoms with Gasteiger partial charge in [0.2, 0.25) is 6.79 Å². The molecule has 0 aromatic heterocycles. The molecule has 0 fully saturated rings. The molecule has 17 heavy (non-hydrogen) atoms. The molecule has 0 unspecified atom stereocenters. The van der Waals surface area contributed by atoms with Crippen molar-refractivity contribution in [2.24, 2.45) is 0 Å². The highest BCUT2D eigenvalue weighted by molar-refractivity contribution is 7.42. The second kappa shape index (κ2) is 6.05. The summed E-state index contributed by atoms with van der Waals surface area (Å²) in [6.45, 7) is 5.16. The van der Waals surface area contributed by atoms with Gasteiger partial charge in [-0.15, -0.1) is 0 Å². The zero-order valence-electron chi connectivity index (χ0n) is 9.84. The molecule has 0 N–H and O–H groups in total. The highest BCUT2D eigenvalue weighted by atomic mass is 31.2. The fourth-order valence-electron chi connectivity index (χ4n) is 1.32. The Labute approximate surface area is 102 Å². The fourth-order valence-corrected chi connectivity index (χ4v) is 2.21. The van der Waals surface area contributed by atoms with Crippen molar-refractivity contribution < 1.29 is 23.0 Å². The van der Waals surface area contributed by atoms with Gasteiger partial charge in [0.05, 0.1) is 13.2 Å². The van der Waals surface area contributed by atoms with Gasteiger partial charge >= 0.3 is 8.60 Å². The molecule has 0 saturated heterocycles. The van der Waals surface area contributed by atoms with Gasteiger partial charge in [-0.05, 0) is 26.0 Å². The van der Waals surface area contributed by atoms with Crippen LogP contribution in [0.1, 0.15) is 13.8 Å². The number of ether oxygens (including phenoxy) is 2. The minimum Gasteiger partial charge on any atom is -0.454 e. The molecule has 0 aliphatic carbocycles. The molecule has 5 nitrogen and oxygen atoms in total. The molecular formula is C11H15O5P. The highest BCUT2D eigenvalue weighted by Gasteiger charge is 2.17. The molecule has 94 valence electrons. The summed E-state index contributed by atoms with van der Waals surface area (Å²) in [6, 6.07) is 5.39. The number of hydrogen-bond donors (Lipinski definition) is 0. The predicted molar refractivity (Wildman–Crippen MR) is 63.4 cm³/mol. The Hall–Kier alpha value is -1.03. The number of fused-ring (bicyclic) bond motifs is 1. The van der Waals surface area contributed by atoms with E-state index >= 15 is 0 Å². The highest BCUT2D eigenvalue weighted by Crippen LogP contribution is 2.43. The van der Waals surface area contributed by atoms with Crippen LogP contribution in [-0.2, 0) is 9.05 Å². The molecule has 0 saturated carbocycles. The van der Waals surface area contributed by atoms with E-state index in [4.69, 9.17) is 23.0 Å². The summed E-state index contributed by atoms with van der Waals surface area (Å²) in [4.78, 5) is 0. The number of hydrogen-bond acceptors (Lipinski definition) is 5. The Kier molecular flexibility index (Phi) is 4.42. The average Bonchev–Trinajstić information content (AvgIpc) is 2.77. The van der Waals surface area contributed by atoms with Gasteiger partial charge in [0.1, 0.15) is 5.75 Å². The van der Waals surface area contributed by atoms with E-state index in [0.29, 0.717) is 24.7 Å². The van der Waals surface area contributed by atoms with Gasteiger partial charge in [0.25, 0.3) is 0 Å². The molecule has 1 aromatic rings. The minimum absolute atomic E-state index is 0.254. The van der Waals surface area contributed by atoms with Gasteiger partial charge in [0.15, 0.2) is 11.5 Å². The Morgan fingerprint density at radius 3 is 2.53 bits per heavy atom. The first-order chi connectivity index (χ1) is 8.33. The van der Waals surface area contributed by atoms with Crippen molar-refractivity contribution in [2.75, 3.05) is 20.0 Å². The van der Waals surface area contributed by atoms with E-state index in [1.54, 1.807) is 12.1 Å². The van der Waals surface area contributed by atoms with Crippen molar-refractivity contribution in [3.8, 4) is 17.2 Å². The first kappa shape index (κ1) is 12.4. The first-order valence-corrected chi connectivity index (χ1v) is 6.56. The summed E-state index contributed by atoms with van der Waals surface area (Å²) >= 11 is 0. The van der Waals surface area contributed by atoms with Crippen LogP contribution in [0.15, 0.2) is 18.2 Å². The maximum Gasteiger partial charge on any atom is 0.397 e. The smallest absolute Gasteiger partial charge is 0.397 e. The molecule has 1 aliphatic heterocycles. The molecule has 0 amide bonds. The predicted octanol–water partition coefficient (Wildman–Crippen LogP) is 3.09. The van der Waals surface area contributed by atoms with Crippen LogP contribution in [0, 0.1) is 0 Å². The third kappa shape index (κ3) is 3.22. The van der Waals surface area contributed by atoms with Gasteiger partial charge in [-0.2, -0.15) is 0 Å². The summed E-state index contributed by atoms with van der Waals surface area (Å²) in [5.74, 6) is 2.07. The summed E-state index contributed by atoms with van der Waals surface area (Å²) in [5.41, 5.74) is 0. The van der Waals surface area contributed by atoms with Crippen LogP contribution in [-0.4, -0.2) is 20.0 Å². The molecule has 2 rings (SSSR count). The SMILES string of the molecule is CCOP(OCC)Oc1ccc2c(c1)OCO2. The van der Waals surface area contributed by atoms with Crippen molar-refractivity contribution >= 4 is 8.60 Å². The van der Waals surface area contributed by atoms with Crippen LogP contribution < -0.4 is 14.0 Å². The molecule has 6 heteroatoms. The van der Waals surface area contributed by atoms with Crippen molar-refractivity contribution in [3.63, 3.8) is 0 Å². The van der Waals surface area contributed by atoms with Crippen LogP contribution in [0.5, 0.6) is 17.2 Å². The second-order valence-electron chi connectivity index (χ2n) is 3.17. The fraction of sp³-hybridized carbons (Fsp3) is 0.455. The maximum atomic E-state index is 5.61. The van der Waals surface area contributed by atoms with Gasteiger partial charge < -0.3 is 23.0 Å². The molecule has 0 bridgehead atoms. The van der Waals surface area contributed by atoms with E-state index in [0.717, 1.165) is 5.75 Å². The van der Waals surface area contributed by atoms with Gasteiger partial charge in [-0.3, -0.25) is 0 Å². The minimum atomic E-state index is -1.34. The summed E-state index contributed by atoms with van der Waals surface area (Å²) in [6.07, 6.45) is 0. The molecule has 0 spiro atoms. The normalized spacial score (nSPS) is 13.1. The Bertz CT molecular complexity index is 365. The van der Waals surface area contributed by atoms with E-state index in [2.05, 4.69) is 0 Å². The topological polar surface area (TPSA) is 46.2 Å². The lowest BCUT2D eigenvalue weighted by atomic mass is 10.3. The van der Waals surface area contributed by atoms with Gasteiger partial charge in [0, 0.05) is 6.07 Å². The first-order valence-electron chi connectivity index (χ1n) is 5.47. The van der Waals surface area contributed by atoms with Gasteiger partial charge in [-0.25, -0.2) is 0 Å². The lowest BCUT2D eigenvalue weighted by Gasteiger charge is -2.15.